The van der Waals surface area contributed by atoms with Gasteiger partial charge in [0.2, 0.25) is 5.91 Å². The van der Waals surface area contributed by atoms with Gasteiger partial charge in [0.05, 0.1) is 11.9 Å². The number of hydrogen-bond donors (Lipinski definition) is 2. The van der Waals surface area contributed by atoms with Crippen LogP contribution < -0.4 is 10.6 Å². The summed E-state index contributed by atoms with van der Waals surface area (Å²) in [4.78, 5) is 45.0. The molecule has 0 atom stereocenters. The molecule has 2 aromatic heterocycles. The van der Waals surface area contributed by atoms with Crippen molar-refractivity contribution < 1.29 is 14.4 Å². The highest BCUT2D eigenvalue weighted by molar-refractivity contribution is 6.06. The molecule has 2 aromatic rings. The van der Waals surface area contributed by atoms with Crippen molar-refractivity contribution in [2.45, 2.75) is 32.2 Å². The van der Waals surface area contributed by atoms with Crippen LogP contribution >= 0.6 is 0 Å². The molecule has 26 heavy (non-hydrogen) atoms. The van der Waals surface area contributed by atoms with Gasteiger partial charge in [-0.3, -0.25) is 14.5 Å². The number of imide groups is 1. The van der Waals surface area contributed by atoms with E-state index in [0.717, 1.165) is 10.6 Å². The van der Waals surface area contributed by atoms with E-state index in [2.05, 4.69) is 25.7 Å². The van der Waals surface area contributed by atoms with E-state index < -0.39 is 11.6 Å². The van der Waals surface area contributed by atoms with Crippen molar-refractivity contribution in [1.29, 1.82) is 0 Å². The number of hydrogen-bond acceptors (Lipinski definition) is 6. The number of amides is 4. The van der Waals surface area contributed by atoms with Crippen LogP contribution in [0.4, 0.5) is 10.6 Å². The summed E-state index contributed by atoms with van der Waals surface area (Å²) in [6.07, 6.45) is 5.08. The predicted molar refractivity (Wildman–Crippen MR) is 91.3 cm³/mol. The average Bonchev–Trinajstić information content (AvgIpc) is 3.18. The van der Waals surface area contributed by atoms with Crippen LogP contribution in [0.1, 0.15) is 26.7 Å². The fourth-order valence-corrected chi connectivity index (χ4v) is 2.56. The maximum Gasteiger partial charge on any atom is 0.325 e. The van der Waals surface area contributed by atoms with E-state index in [1.165, 1.54) is 6.33 Å². The van der Waals surface area contributed by atoms with Gasteiger partial charge in [0.15, 0.2) is 0 Å². The van der Waals surface area contributed by atoms with Gasteiger partial charge in [0.25, 0.3) is 5.91 Å². The molecule has 1 saturated heterocycles. The largest absolute Gasteiger partial charge is 0.325 e. The van der Waals surface area contributed by atoms with Crippen molar-refractivity contribution in [3.63, 3.8) is 0 Å². The fourth-order valence-electron chi connectivity index (χ4n) is 2.56. The third kappa shape index (κ3) is 3.68. The van der Waals surface area contributed by atoms with Crippen molar-refractivity contribution in [3.8, 4) is 5.69 Å². The second-order valence-corrected chi connectivity index (χ2v) is 6.41. The number of carbonyl (C=O) groups excluding carboxylic acids is 3. The summed E-state index contributed by atoms with van der Waals surface area (Å²) in [7, 11) is 0. The zero-order valence-electron chi connectivity index (χ0n) is 14.5. The minimum Gasteiger partial charge on any atom is -0.324 e. The molecule has 0 aromatic carbocycles. The molecule has 4 amide bonds. The van der Waals surface area contributed by atoms with Gasteiger partial charge in [-0.1, -0.05) is 0 Å². The van der Waals surface area contributed by atoms with Crippen LogP contribution in [0.15, 0.2) is 31.0 Å². The van der Waals surface area contributed by atoms with E-state index in [-0.39, 0.29) is 24.8 Å². The van der Waals surface area contributed by atoms with Crippen molar-refractivity contribution in [2.75, 3.05) is 11.9 Å². The van der Waals surface area contributed by atoms with Gasteiger partial charge in [-0.2, -0.15) is 5.10 Å². The van der Waals surface area contributed by atoms with Gasteiger partial charge < -0.3 is 10.6 Å². The zero-order chi connectivity index (χ0) is 18.7. The quantitative estimate of drug-likeness (QED) is 0.734. The van der Waals surface area contributed by atoms with E-state index >= 15 is 0 Å². The minimum atomic E-state index is -0.894. The molecule has 1 aliphatic rings. The first-order chi connectivity index (χ1) is 12.4. The van der Waals surface area contributed by atoms with Gasteiger partial charge in [0, 0.05) is 13.0 Å². The summed E-state index contributed by atoms with van der Waals surface area (Å²) in [6.45, 7) is 3.49. The molecule has 0 saturated carbocycles. The van der Waals surface area contributed by atoms with Crippen LogP contribution in [0.5, 0.6) is 0 Å². The number of pyridine rings is 1. The Bertz CT molecular complexity index is 815. The number of nitrogens with zero attached hydrogens (tertiary/aromatic N) is 5. The Kier molecular flexibility index (Phi) is 4.65. The lowest BCUT2D eigenvalue weighted by Crippen LogP contribution is -2.40. The first-order valence-electron chi connectivity index (χ1n) is 8.12. The maximum absolute atomic E-state index is 12.1. The molecule has 10 nitrogen and oxygen atoms in total. The first kappa shape index (κ1) is 17.5. The molecule has 0 radical (unpaired) electrons. The Labute approximate surface area is 149 Å². The van der Waals surface area contributed by atoms with Crippen molar-refractivity contribution >= 4 is 23.7 Å². The molecule has 0 unspecified atom stereocenters. The van der Waals surface area contributed by atoms with Crippen LogP contribution in [0.3, 0.4) is 0 Å². The van der Waals surface area contributed by atoms with Gasteiger partial charge in [0.1, 0.15) is 24.0 Å². The van der Waals surface area contributed by atoms with E-state index in [1.54, 1.807) is 43.2 Å². The van der Waals surface area contributed by atoms with Crippen LogP contribution in [0, 0.1) is 0 Å². The van der Waals surface area contributed by atoms with E-state index in [9.17, 15) is 14.4 Å². The summed E-state index contributed by atoms with van der Waals surface area (Å²) >= 11 is 0. The topological polar surface area (TPSA) is 122 Å². The number of rotatable bonds is 6. The van der Waals surface area contributed by atoms with E-state index in [1.807, 2.05) is 0 Å². The number of carbonyl (C=O) groups is 3. The molecule has 3 heterocycles. The molecule has 0 aliphatic carbocycles. The lowest BCUT2D eigenvalue weighted by Gasteiger charge is -2.15. The third-order valence-electron chi connectivity index (χ3n) is 3.93. The van der Waals surface area contributed by atoms with E-state index in [0.29, 0.717) is 12.2 Å². The molecular weight excluding hydrogens is 338 g/mol. The summed E-state index contributed by atoms with van der Waals surface area (Å²) < 4.78 is 1.55. The molecule has 2 N–H and O–H groups in total. The lowest BCUT2D eigenvalue weighted by molar-refractivity contribution is -0.130. The summed E-state index contributed by atoms with van der Waals surface area (Å²) in [5, 5.41) is 9.27. The highest BCUT2D eigenvalue weighted by Crippen LogP contribution is 2.17. The second kappa shape index (κ2) is 6.90. The Morgan fingerprint density at radius 2 is 2.12 bits per heavy atom. The molecule has 0 bridgehead atoms. The van der Waals surface area contributed by atoms with Gasteiger partial charge in [-0.25, -0.2) is 19.4 Å². The molecule has 1 fully saturated rings. The van der Waals surface area contributed by atoms with Gasteiger partial charge in [-0.05, 0) is 32.4 Å². The maximum atomic E-state index is 12.1. The standard InChI is InChI=1S/C16H19N7O3/c1-16(2)14(25)22(15(26)21-16)7-3-4-13(24)20-12-6-5-11(8-18-12)23-10-17-9-19-23/h5-6,8-10H,3-4,7H2,1-2H3,(H,21,26)(H,18,20,24). The highest BCUT2D eigenvalue weighted by atomic mass is 16.2. The molecule has 0 spiro atoms. The van der Waals surface area contributed by atoms with Crippen molar-refractivity contribution in [2.24, 2.45) is 0 Å². The van der Waals surface area contributed by atoms with Crippen LogP contribution in [-0.2, 0) is 9.59 Å². The Balaban J connectivity index is 1.47. The second-order valence-electron chi connectivity index (χ2n) is 6.41. The van der Waals surface area contributed by atoms with E-state index in [4.69, 9.17) is 0 Å². The molecule has 136 valence electrons. The zero-order valence-corrected chi connectivity index (χ0v) is 14.5. The SMILES string of the molecule is CC1(C)NC(=O)N(CCCC(=O)Nc2ccc(-n3cncn3)cn2)C1=O. The predicted octanol–water partition coefficient (Wildman–Crippen LogP) is 0.711. The monoisotopic (exact) mass is 357 g/mol. The van der Waals surface area contributed by atoms with Crippen LogP contribution in [0.25, 0.3) is 5.69 Å². The highest BCUT2D eigenvalue weighted by Gasteiger charge is 2.43. The summed E-state index contributed by atoms with van der Waals surface area (Å²) in [5.41, 5.74) is -0.170. The molecule has 3 rings (SSSR count). The molecule has 1 aliphatic heterocycles. The first-order valence-corrected chi connectivity index (χ1v) is 8.12. The lowest BCUT2D eigenvalue weighted by atomic mass is 10.1. The summed E-state index contributed by atoms with van der Waals surface area (Å²) in [6, 6.07) is 2.99. The normalized spacial score (nSPS) is 15.8. The molecular formula is C16H19N7O3. The Morgan fingerprint density at radius 1 is 1.31 bits per heavy atom. The third-order valence-corrected chi connectivity index (χ3v) is 3.93. The number of aromatic nitrogens is 4. The number of anilines is 1. The minimum absolute atomic E-state index is 0.171. The Hall–Kier alpha value is -3.30. The van der Waals surface area contributed by atoms with Gasteiger partial charge in [-0.15, -0.1) is 0 Å². The fraction of sp³-hybridized carbons (Fsp3) is 0.375. The molecule has 10 heteroatoms. The smallest absolute Gasteiger partial charge is 0.324 e. The number of nitrogens with one attached hydrogen (secondary N) is 2. The van der Waals surface area contributed by atoms with Gasteiger partial charge >= 0.3 is 6.03 Å². The number of urea groups is 1. The van der Waals surface area contributed by atoms with Crippen LogP contribution in [0.2, 0.25) is 0 Å². The van der Waals surface area contributed by atoms with Crippen molar-refractivity contribution in [3.05, 3.63) is 31.0 Å². The average molecular weight is 357 g/mol. The Morgan fingerprint density at radius 3 is 2.69 bits per heavy atom. The summed E-state index contributed by atoms with van der Waals surface area (Å²) in [5.74, 6) is -0.111. The van der Waals surface area contributed by atoms with Crippen LogP contribution in [-0.4, -0.2) is 54.6 Å². The van der Waals surface area contributed by atoms with Crippen molar-refractivity contribution in [1.82, 2.24) is 30.0 Å².